The zero-order chi connectivity index (χ0) is 22.3. The number of aryl methyl sites for hydroxylation is 1. The van der Waals surface area contributed by atoms with Gasteiger partial charge in [-0.05, 0) is 74.9 Å². The summed E-state index contributed by atoms with van der Waals surface area (Å²) in [4.78, 5) is 5.14. The van der Waals surface area contributed by atoms with Crippen LogP contribution in [0.5, 0.6) is 0 Å². The molecule has 1 aliphatic carbocycles. The van der Waals surface area contributed by atoms with E-state index in [0.717, 1.165) is 46.1 Å². The van der Waals surface area contributed by atoms with E-state index >= 15 is 0 Å². The molecule has 2 aromatic heterocycles. The first-order chi connectivity index (χ1) is 14.7. The quantitative estimate of drug-likeness (QED) is 0.486. The lowest BCUT2D eigenvalue weighted by Crippen LogP contribution is -2.29. The van der Waals surface area contributed by atoms with Crippen LogP contribution in [0.25, 0.3) is 22.2 Å². The van der Waals surface area contributed by atoms with Crippen LogP contribution in [0.1, 0.15) is 43.4 Å². The number of hydrogen-bond donors (Lipinski definition) is 3. The first-order valence-electron chi connectivity index (χ1n) is 10.6. The molecule has 1 aliphatic rings. The van der Waals surface area contributed by atoms with E-state index in [1.165, 1.54) is 6.07 Å². The summed E-state index contributed by atoms with van der Waals surface area (Å²) in [5, 5.41) is 23.5. The van der Waals surface area contributed by atoms with Crippen LogP contribution < -0.4 is 5.32 Å². The summed E-state index contributed by atoms with van der Waals surface area (Å²) in [6.45, 7) is 5.73. The van der Waals surface area contributed by atoms with Gasteiger partial charge in [-0.1, -0.05) is 12.2 Å². The highest BCUT2D eigenvalue weighted by atomic mass is 32.1. The van der Waals surface area contributed by atoms with Crippen LogP contribution in [0.2, 0.25) is 0 Å². The normalized spacial score (nSPS) is 14.3. The molecule has 0 unspecified atom stereocenters. The summed E-state index contributed by atoms with van der Waals surface area (Å²) in [6.07, 6.45) is 6.34. The summed E-state index contributed by atoms with van der Waals surface area (Å²) in [6, 6.07) is 5.69. The maximum atomic E-state index is 14.7. The maximum absolute atomic E-state index is 14.7. The molecule has 7 heteroatoms. The lowest BCUT2D eigenvalue weighted by molar-refractivity contribution is 0.167. The standard InChI is InChI=1S/C24H28FN3O2S/c1-14-8-21(25)20(23(31)27-17-4-5-17)10-18(14)16-9-19-15(6-7-29)12-28(22(19)26-11-16)24(2,3)13-30/h8-12,17,29-30H,4-7,13H2,1-3H3,(H,27,31). The minimum absolute atomic E-state index is 0.0176. The Morgan fingerprint density at radius 1 is 1.29 bits per heavy atom. The van der Waals surface area contributed by atoms with Crippen LogP contribution >= 0.6 is 12.2 Å². The van der Waals surface area contributed by atoms with Crippen molar-refractivity contribution in [2.24, 2.45) is 0 Å². The zero-order valence-corrected chi connectivity index (χ0v) is 18.9. The third-order valence-corrected chi connectivity index (χ3v) is 6.27. The van der Waals surface area contributed by atoms with E-state index in [9.17, 15) is 14.6 Å². The second-order valence-corrected chi connectivity index (χ2v) is 9.37. The van der Waals surface area contributed by atoms with Crippen molar-refractivity contribution in [2.45, 2.75) is 51.6 Å². The molecule has 0 radical (unpaired) electrons. The fraction of sp³-hybridized carbons (Fsp3) is 0.417. The van der Waals surface area contributed by atoms with Crippen molar-refractivity contribution in [3.63, 3.8) is 0 Å². The highest BCUT2D eigenvalue weighted by Gasteiger charge is 2.25. The molecule has 1 aromatic carbocycles. The molecule has 164 valence electrons. The lowest BCUT2D eigenvalue weighted by Gasteiger charge is -2.25. The second kappa shape index (κ2) is 8.30. The molecule has 0 spiro atoms. The van der Waals surface area contributed by atoms with Gasteiger partial charge in [0.05, 0.1) is 12.1 Å². The van der Waals surface area contributed by atoms with Gasteiger partial charge in [0.2, 0.25) is 0 Å². The van der Waals surface area contributed by atoms with Gasteiger partial charge in [-0.3, -0.25) is 0 Å². The van der Waals surface area contributed by atoms with Gasteiger partial charge in [0, 0.05) is 41.6 Å². The molecular weight excluding hydrogens is 413 g/mol. The smallest absolute Gasteiger partial charge is 0.140 e. The van der Waals surface area contributed by atoms with Crippen molar-refractivity contribution >= 4 is 28.2 Å². The average Bonchev–Trinajstić information content (AvgIpc) is 3.47. The number of aliphatic hydroxyl groups is 2. The van der Waals surface area contributed by atoms with Gasteiger partial charge < -0.3 is 20.1 Å². The molecule has 0 aliphatic heterocycles. The van der Waals surface area contributed by atoms with E-state index in [1.807, 2.05) is 37.6 Å². The van der Waals surface area contributed by atoms with Gasteiger partial charge in [0.25, 0.3) is 0 Å². The number of nitrogens with zero attached hydrogens (tertiary/aromatic N) is 2. The van der Waals surface area contributed by atoms with Crippen LogP contribution in [0.3, 0.4) is 0 Å². The molecule has 2 heterocycles. The predicted octanol–water partition coefficient (Wildman–Crippen LogP) is 3.84. The van der Waals surface area contributed by atoms with Crippen LogP contribution in [-0.4, -0.2) is 44.0 Å². The highest BCUT2D eigenvalue weighted by Crippen LogP contribution is 2.33. The van der Waals surface area contributed by atoms with Gasteiger partial charge in [-0.25, -0.2) is 9.37 Å². The number of halogens is 1. The number of thiocarbonyl (C=S) groups is 1. The third-order valence-electron chi connectivity index (χ3n) is 5.93. The molecule has 3 N–H and O–H groups in total. The number of aliphatic hydroxyl groups excluding tert-OH is 2. The number of fused-ring (bicyclic) bond motifs is 1. The fourth-order valence-corrected chi connectivity index (χ4v) is 4.15. The van der Waals surface area contributed by atoms with Crippen molar-refractivity contribution in [3.05, 3.63) is 53.1 Å². The second-order valence-electron chi connectivity index (χ2n) is 8.96. The minimum Gasteiger partial charge on any atom is -0.396 e. The van der Waals surface area contributed by atoms with Crippen molar-refractivity contribution in [2.75, 3.05) is 13.2 Å². The van der Waals surface area contributed by atoms with Crippen LogP contribution in [0.15, 0.2) is 30.6 Å². The van der Waals surface area contributed by atoms with Crippen LogP contribution in [-0.2, 0) is 12.0 Å². The Morgan fingerprint density at radius 2 is 2.03 bits per heavy atom. The fourth-order valence-electron chi connectivity index (χ4n) is 3.83. The van der Waals surface area contributed by atoms with E-state index in [-0.39, 0.29) is 19.0 Å². The largest absolute Gasteiger partial charge is 0.396 e. The van der Waals surface area contributed by atoms with Crippen molar-refractivity contribution in [3.8, 4) is 11.1 Å². The number of hydrogen-bond acceptors (Lipinski definition) is 4. The van der Waals surface area contributed by atoms with Crippen molar-refractivity contribution in [1.82, 2.24) is 14.9 Å². The molecule has 0 atom stereocenters. The lowest BCUT2D eigenvalue weighted by atomic mass is 9.97. The predicted molar refractivity (Wildman–Crippen MR) is 125 cm³/mol. The SMILES string of the molecule is Cc1cc(F)c(C(=S)NC2CC2)cc1-c1cnc2c(c1)c(CCO)cn2C(C)(C)CO. The van der Waals surface area contributed by atoms with E-state index in [4.69, 9.17) is 17.2 Å². The summed E-state index contributed by atoms with van der Waals surface area (Å²) in [5.41, 5.74) is 4.11. The van der Waals surface area contributed by atoms with Crippen molar-refractivity contribution in [1.29, 1.82) is 0 Å². The minimum atomic E-state index is -0.528. The summed E-state index contributed by atoms with van der Waals surface area (Å²) >= 11 is 5.45. The van der Waals surface area contributed by atoms with E-state index in [1.54, 1.807) is 12.3 Å². The molecule has 0 saturated heterocycles. The van der Waals surface area contributed by atoms with Crippen LogP contribution in [0, 0.1) is 12.7 Å². The van der Waals surface area contributed by atoms with Crippen LogP contribution in [0.4, 0.5) is 4.39 Å². The molecule has 5 nitrogen and oxygen atoms in total. The molecule has 3 aromatic rings. The first kappa shape index (κ1) is 21.9. The zero-order valence-electron chi connectivity index (χ0n) is 18.1. The number of benzene rings is 1. The van der Waals surface area contributed by atoms with E-state index in [0.29, 0.717) is 23.0 Å². The number of pyridine rings is 1. The van der Waals surface area contributed by atoms with Gasteiger partial charge in [0.1, 0.15) is 16.5 Å². The molecular formula is C24H28FN3O2S. The molecule has 1 fully saturated rings. The molecule has 0 bridgehead atoms. The first-order valence-corrected chi connectivity index (χ1v) is 11.0. The van der Waals surface area contributed by atoms with Gasteiger partial charge in [-0.15, -0.1) is 0 Å². The maximum Gasteiger partial charge on any atom is 0.140 e. The average molecular weight is 442 g/mol. The topological polar surface area (TPSA) is 70.3 Å². The van der Waals surface area contributed by atoms with Gasteiger partial charge in [-0.2, -0.15) is 0 Å². The van der Waals surface area contributed by atoms with Gasteiger partial charge >= 0.3 is 0 Å². The summed E-state index contributed by atoms with van der Waals surface area (Å²) in [7, 11) is 0. The van der Waals surface area contributed by atoms with E-state index < -0.39 is 5.54 Å². The van der Waals surface area contributed by atoms with Crippen molar-refractivity contribution < 1.29 is 14.6 Å². The monoisotopic (exact) mass is 441 g/mol. The molecule has 0 amide bonds. The number of rotatable bonds is 7. The number of aromatic nitrogens is 2. The Bertz CT molecular complexity index is 1150. The van der Waals surface area contributed by atoms with E-state index in [2.05, 4.69) is 5.32 Å². The number of nitrogens with one attached hydrogen (secondary N) is 1. The Labute approximate surface area is 186 Å². The molecule has 31 heavy (non-hydrogen) atoms. The molecule has 4 rings (SSSR count). The Balaban J connectivity index is 1.83. The van der Waals surface area contributed by atoms with Gasteiger partial charge in [0.15, 0.2) is 0 Å². The third kappa shape index (κ3) is 4.22. The Morgan fingerprint density at radius 3 is 2.68 bits per heavy atom. The summed E-state index contributed by atoms with van der Waals surface area (Å²) in [5.74, 6) is -0.328. The Kier molecular flexibility index (Phi) is 5.85. The summed E-state index contributed by atoms with van der Waals surface area (Å²) < 4.78 is 16.6. The highest BCUT2D eigenvalue weighted by molar-refractivity contribution is 7.80. The Hall–Kier alpha value is -2.35. The molecule has 1 saturated carbocycles.